The highest BCUT2D eigenvalue weighted by Crippen LogP contribution is 2.27. The molecule has 1 unspecified atom stereocenters. The molecule has 2 rings (SSSR count). The Hall–Kier alpha value is -1.28. The molecular formula is C10H13N3O3S. The molecule has 0 amide bonds. The highest BCUT2D eigenvalue weighted by atomic mass is 32.1. The number of nitrogens with zero attached hydrogens (tertiary/aromatic N) is 3. The molecule has 0 fully saturated rings. The molecule has 6 nitrogen and oxygen atoms in total. The molecular weight excluding hydrogens is 242 g/mol. The van der Waals surface area contributed by atoms with Gasteiger partial charge in [0.05, 0.1) is 30.7 Å². The van der Waals surface area contributed by atoms with Gasteiger partial charge in [-0.2, -0.15) is 0 Å². The van der Waals surface area contributed by atoms with Gasteiger partial charge in [0.25, 0.3) is 0 Å². The maximum absolute atomic E-state index is 9.42. The van der Waals surface area contributed by atoms with Crippen molar-refractivity contribution < 1.29 is 15.3 Å². The van der Waals surface area contributed by atoms with Crippen LogP contribution in [-0.4, -0.2) is 43.0 Å². The minimum atomic E-state index is -0.887. The average Bonchev–Trinajstić information content (AvgIpc) is 2.96. The van der Waals surface area contributed by atoms with Crippen LogP contribution >= 0.6 is 11.3 Å². The first-order valence-electron chi connectivity index (χ1n) is 5.12. The van der Waals surface area contributed by atoms with E-state index in [0.29, 0.717) is 11.4 Å². The van der Waals surface area contributed by atoms with Crippen LogP contribution in [0.3, 0.4) is 0 Å². The second-order valence-corrected chi connectivity index (χ2v) is 4.49. The van der Waals surface area contributed by atoms with Crippen LogP contribution in [0.4, 0.5) is 0 Å². The van der Waals surface area contributed by atoms with Crippen molar-refractivity contribution >= 4 is 11.3 Å². The van der Waals surface area contributed by atoms with Gasteiger partial charge in [-0.15, -0.1) is 16.4 Å². The molecule has 0 saturated heterocycles. The molecule has 2 aromatic rings. The van der Waals surface area contributed by atoms with Gasteiger partial charge in [-0.05, 0) is 11.4 Å². The van der Waals surface area contributed by atoms with E-state index in [9.17, 15) is 10.2 Å². The van der Waals surface area contributed by atoms with E-state index < -0.39 is 6.10 Å². The standard InChI is InChI=1S/C10H13N3O3S/c14-5-7(16)4-13-10(8(6-15)11-12-13)9-2-1-3-17-9/h1-3,7,14-16H,4-6H2. The summed E-state index contributed by atoms with van der Waals surface area (Å²) in [7, 11) is 0. The van der Waals surface area contributed by atoms with Crippen molar-refractivity contribution in [3.8, 4) is 10.6 Å². The summed E-state index contributed by atoms with van der Waals surface area (Å²) in [6.45, 7) is -0.391. The maximum Gasteiger partial charge on any atom is 0.117 e. The van der Waals surface area contributed by atoms with E-state index in [-0.39, 0.29) is 19.8 Å². The van der Waals surface area contributed by atoms with Crippen LogP contribution in [0.1, 0.15) is 5.69 Å². The van der Waals surface area contributed by atoms with Gasteiger partial charge in [0.15, 0.2) is 0 Å². The molecule has 0 aliphatic heterocycles. The quantitative estimate of drug-likeness (QED) is 0.691. The van der Waals surface area contributed by atoms with Crippen LogP contribution in [-0.2, 0) is 13.2 Å². The van der Waals surface area contributed by atoms with E-state index in [1.165, 1.54) is 16.0 Å². The molecule has 2 aromatic heterocycles. The van der Waals surface area contributed by atoms with Gasteiger partial charge >= 0.3 is 0 Å². The van der Waals surface area contributed by atoms with Gasteiger partial charge in [0.2, 0.25) is 0 Å². The Kier molecular flexibility index (Phi) is 3.85. The first-order valence-corrected chi connectivity index (χ1v) is 6.00. The first kappa shape index (κ1) is 12.2. The van der Waals surface area contributed by atoms with Gasteiger partial charge in [0, 0.05) is 0 Å². The van der Waals surface area contributed by atoms with E-state index in [4.69, 9.17) is 5.11 Å². The lowest BCUT2D eigenvalue weighted by Gasteiger charge is -2.09. The Bertz CT molecular complexity index is 469. The maximum atomic E-state index is 9.42. The fraction of sp³-hybridized carbons (Fsp3) is 0.400. The lowest BCUT2D eigenvalue weighted by molar-refractivity contribution is 0.0782. The number of aliphatic hydroxyl groups excluding tert-OH is 3. The van der Waals surface area contributed by atoms with Crippen molar-refractivity contribution in [3.05, 3.63) is 23.2 Å². The predicted octanol–water partition coefficient (Wildman–Crippen LogP) is -0.148. The van der Waals surface area contributed by atoms with Crippen LogP contribution in [0.25, 0.3) is 10.6 Å². The third-order valence-corrected chi connectivity index (χ3v) is 3.18. The van der Waals surface area contributed by atoms with Crippen LogP contribution in [0.15, 0.2) is 17.5 Å². The van der Waals surface area contributed by atoms with Crippen molar-refractivity contribution in [1.29, 1.82) is 0 Å². The number of aromatic nitrogens is 3. The Morgan fingerprint density at radius 3 is 2.82 bits per heavy atom. The zero-order valence-corrected chi connectivity index (χ0v) is 9.84. The summed E-state index contributed by atoms with van der Waals surface area (Å²) in [6.07, 6.45) is -0.887. The Labute approximate surface area is 102 Å². The van der Waals surface area contributed by atoms with Gasteiger partial charge in [0.1, 0.15) is 11.4 Å². The smallest absolute Gasteiger partial charge is 0.117 e. The predicted molar refractivity (Wildman–Crippen MR) is 62.4 cm³/mol. The molecule has 3 N–H and O–H groups in total. The summed E-state index contributed by atoms with van der Waals surface area (Å²) < 4.78 is 1.50. The van der Waals surface area contributed by atoms with Gasteiger partial charge in [-0.25, -0.2) is 4.68 Å². The second-order valence-electron chi connectivity index (χ2n) is 3.54. The second kappa shape index (κ2) is 5.37. The Morgan fingerprint density at radius 2 is 2.24 bits per heavy atom. The summed E-state index contributed by atoms with van der Waals surface area (Å²) >= 11 is 1.50. The number of hydrogen-bond donors (Lipinski definition) is 3. The van der Waals surface area contributed by atoms with Crippen molar-refractivity contribution in [2.24, 2.45) is 0 Å². The van der Waals surface area contributed by atoms with Gasteiger partial charge in [-0.3, -0.25) is 0 Å². The van der Waals surface area contributed by atoms with Crippen LogP contribution in [0, 0.1) is 0 Å². The zero-order chi connectivity index (χ0) is 12.3. The van der Waals surface area contributed by atoms with Crippen LogP contribution in [0.2, 0.25) is 0 Å². The van der Waals surface area contributed by atoms with E-state index in [1.807, 2.05) is 17.5 Å². The SMILES string of the molecule is OCc1nnn(CC(O)CO)c1-c1cccs1. The Balaban J connectivity index is 2.36. The molecule has 0 saturated carbocycles. The first-order chi connectivity index (χ1) is 8.26. The lowest BCUT2D eigenvalue weighted by atomic mass is 10.2. The van der Waals surface area contributed by atoms with E-state index in [2.05, 4.69) is 10.3 Å². The summed E-state index contributed by atoms with van der Waals surface area (Å²) in [4.78, 5) is 0.921. The fourth-order valence-corrected chi connectivity index (χ4v) is 2.32. The summed E-state index contributed by atoms with van der Waals surface area (Å²) in [5, 5.41) is 37.1. The lowest BCUT2D eigenvalue weighted by Crippen LogP contribution is -2.21. The molecule has 0 aliphatic rings. The highest BCUT2D eigenvalue weighted by Gasteiger charge is 2.17. The molecule has 0 aromatic carbocycles. The largest absolute Gasteiger partial charge is 0.394 e. The normalized spacial score (nSPS) is 12.9. The summed E-state index contributed by atoms with van der Waals surface area (Å²) in [6, 6.07) is 3.78. The number of aliphatic hydroxyl groups is 3. The van der Waals surface area contributed by atoms with E-state index in [0.717, 1.165) is 4.88 Å². The van der Waals surface area contributed by atoms with E-state index in [1.54, 1.807) is 0 Å². The highest BCUT2D eigenvalue weighted by molar-refractivity contribution is 7.13. The number of hydrogen-bond acceptors (Lipinski definition) is 6. The number of rotatable bonds is 5. The summed E-state index contributed by atoms with van der Waals surface area (Å²) in [5.74, 6) is 0. The van der Waals surface area contributed by atoms with Gasteiger partial charge < -0.3 is 15.3 Å². The molecule has 92 valence electrons. The zero-order valence-electron chi connectivity index (χ0n) is 9.02. The molecule has 0 spiro atoms. The van der Waals surface area contributed by atoms with Crippen LogP contribution < -0.4 is 0 Å². The van der Waals surface area contributed by atoms with Crippen molar-refractivity contribution in [2.75, 3.05) is 6.61 Å². The molecule has 0 aliphatic carbocycles. The van der Waals surface area contributed by atoms with E-state index >= 15 is 0 Å². The average molecular weight is 255 g/mol. The summed E-state index contributed by atoms with van der Waals surface area (Å²) in [5.41, 5.74) is 1.16. The molecule has 0 bridgehead atoms. The molecule has 7 heteroatoms. The third kappa shape index (κ3) is 2.52. The third-order valence-electron chi connectivity index (χ3n) is 2.30. The fourth-order valence-electron chi connectivity index (χ4n) is 1.52. The molecule has 2 heterocycles. The molecule has 17 heavy (non-hydrogen) atoms. The minimum Gasteiger partial charge on any atom is -0.394 e. The number of thiophene rings is 1. The van der Waals surface area contributed by atoms with Crippen molar-refractivity contribution in [3.63, 3.8) is 0 Å². The van der Waals surface area contributed by atoms with Crippen LogP contribution in [0.5, 0.6) is 0 Å². The van der Waals surface area contributed by atoms with Crippen molar-refractivity contribution in [1.82, 2.24) is 15.0 Å². The monoisotopic (exact) mass is 255 g/mol. The van der Waals surface area contributed by atoms with Crippen molar-refractivity contribution in [2.45, 2.75) is 19.3 Å². The minimum absolute atomic E-state index is 0.150. The Morgan fingerprint density at radius 1 is 1.41 bits per heavy atom. The molecule has 1 atom stereocenters. The topological polar surface area (TPSA) is 91.4 Å². The van der Waals surface area contributed by atoms with Gasteiger partial charge in [-0.1, -0.05) is 11.3 Å². The molecule has 0 radical (unpaired) electrons.